The van der Waals surface area contributed by atoms with Gasteiger partial charge in [-0.25, -0.2) is 4.98 Å². The molecule has 154 valence electrons. The molecule has 3 nitrogen and oxygen atoms in total. The average molecular weight is 410 g/mol. The number of halogens is 3. The Morgan fingerprint density at radius 3 is 2.47 bits per heavy atom. The summed E-state index contributed by atoms with van der Waals surface area (Å²) >= 11 is 0. The van der Waals surface area contributed by atoms with Gasteiger partial charge in [-0.05, 0) is 59.5 Å². The number of aromatic amines is 1. The van der Waals surface area contributed by atoms with E-state index in [9.17, 15) is 13.2 Å². The summed E-state index contributed by atoms with van der Waals surface area (Å²) in [5, 5.41) is 0. The second-order valence-electron chi connectivity index (χ2n) is 7.13. The van der Waals surface area contributed by atoms with E-state index >= 15 is 0 Å². The lowest BCUT2D eigenvalue weighted by Gasteiger charge is -2.08. The molecule has 0 fully saturated rings. The Balaban J connectivity index is 1.52. The quantitative estimate of drug-likeness (QED) is 0.380. The highest BCUT2D eigenvalue weighted by Gasteiger charge is 2.30. The Bertz CT molecular complexity index is 1150. The lowest BCUT2D eigenvalue weighted by atomic mass is 9.97. The van der Waals surface area contributed by atoms with E-state index in [-0.39, 0.29) is 6.61 Å². The summed E-state index contributed by atoms with van der Waals surface area (Å²) in [7, 11) is 0. The van der Waals surface area contributed by atoms with Gasteiger partial charge in [-0.2, -0.15) is 13.2 Å². The van der Waals surface area contributed by atoms with E-state index in [1.54, 1.807) is 0 Å². The molecule has 0 saturated heterocycles. The molecular formula is C24H21F3N2O. The van der Waals surface area contributed by atoms with Crippen LogP contribution >= 0.6 is 0 Å². The fraction of sp³-hybridized carbons (Fsp3) is 0.208. The Morgan fingerprint density at radius 1 is 0.967 bits per heavy atom. The van der Waals surface area contributed by atoms with Gasteiger partial charge in [0.2, 0.25) is 0 Å². The van der Waals surface area contributed by atoms with Crippen molar-refractivity contribution in [3.05, 3.63) is 83.7 Å². The number of alkyl halides is 3. The summed E-state index contributed by atoms with van der Waals surface area (Å²) in [6.45, 7) is 2.31. The van der Waals surface area contributed by atoms with Crippen LogP contribution < -0.4 is 4.74 Å². The third-order valence-corrected chi connectivity index (χ3v) is 4.94. The second kappa shape index (κ2) is 8.22. The first-order valence-electron chi connectivity index (χ1n) is 9.81. The van der Waals surface area contributed by atoms with Gasteiger partial charge in [-0.1, -0.05) is 43.7 Å². The van der Waals surface area contributed by atoms with Crippen LogP contribution in [0, 0.1) is 0 Å². The summed E-state index contributed by atoms with van der Waals surface area (Å²) in [5.41, 5.74) is 4.64. The number of benzene rings is 3. The molecule has 6 heteroatoms. The van der Waals surface area contributed by atoms with E-state index in [2.05, 4.69) is 47.2 Å². The van der Waals surface area contributed by atoms with Gasteiger partial charge in [0.1, 0.15) is 18.2 Å². The Hall–Kier alpha value is -3.28. The molecule has 0 spiro atoms. The van der Waals surface area contributed by atoms with Gasteiger partial charge < -0.3 is 9.72 Å². The molecule has 4 aromatic rings. The van der Waals surface area contributed by atoms with Crippen molar-refractivity contribution < 1.29 is 17.9 Å². The van der Waals surface area contributed by atoms with Crippen LogP contribution in [0.2, 0.25) is 0 Å². The maximum Gasteiger partial charge on any atom is 0.416 e. The van der Waals surface area contributed by atoms with Crippen molar-refractivity contribution in [3.8, 4) is 16.9 Å². The number of rotatable bonds is 6. The molecule has 3 aromatic carbocycles. The van der Waals surface area contributed by atoms with Crippen molar-refractivity contribution >= 4 is 11.0 Å². The summed E-state index contributed by atoms with van der Waals surface area (Å²) in [5.74, 6) is 0.974. The predicted molar refractivity (Wildman–Crippen MR) is 111 cm³/mol. The molecule has 0 aliphatic rings. The van der Waals surface area contributed by atoms with Gasteiger partial charge in [0.15, 0.2) is 0 Å². The van der Waals surface area contributed by atoms with E-state index in [0.29, 0.717) is 11.6 Å². The molecule has 0 atom stereocenters. The number of imidazole rings is 1. The van der Waals surface area contributed by atoms with E-state index in [0.717, 1.165) is 41.6 Å². The van der Waals surface area contributed by atoms with Crippen LogP contribution in [0.25, 0.3) is 22.2 Å². The first kappa shape index (κ1) is 20.0. The third kappa shape index (κ3) is 4.32. The van der Waals surface area contributed by atoms with Crippen LogP contribution in [-0.2, 0) is 19.2 Å². The largest absolute Gasteiger partial charge is 0.486 e. The number of ether oxygens (including phenoxy) is 1. The zero-order valence-corrected chi connectivity index (χ0v) is 16.5. The van der Waals surface area contributed by atoms with Crippen LogP contribution in [0.5, 0.6) is 5.75 Å². The standard InChI is InChI=1S/C24H21F3N2O/c1-2-5-16-6-3-4-7-20(16)17-8-13-21-22(14-17)29-23(28-21)15-30-19-11-9-18(10-12-19)24(25,26)27/h3-4,6-14H,2,5,15H2,1H3,(H,28,29). The minimum atomic E-state index is -4.36. The summed E-state index contributed by atoms with van der Waals surface area (Å²) in [6, 6.07) is 19.1. The molecule has 0 unspecified atom stereocenters. The van der Waals surface area contributed by atoms with Crippen LogP contribution in [0.1, 0.15) is 30.3 Å². The lowest BCUT2D eigenvalue weighted by Crippen LogP contribution is -2.04. The molecule has 0 bridgehead atoms. The third-order valence-electron chi connectivity index (χ3n) is 4.94. The normalized spacial score (nSPS) is 11.7. The fourth-order valence-electron chi connectivity index (χ4n) is 3.48. The van der Waals surface area contributed by atoms with E-state index in [1.807, 2.05) is 12.1 Å². The molecule has 0 aliphatic carbocycles. The zero-order valence-electron chi connectivity index (χ0n) is 16.5. The lowest BCUT2D eigenvalue weighted by molar-refractivity contribution is -0.137. The molecule has 0 amide bonds. The molecule has 0 aliphatic heterocycles. The molecule has 1 heterocycles. The van der Waals surface area contributed by atoms with Crippen LogP contribution in [0.4, 0.5) is 13.2 Å². The van der Waals surface area contributed by atoms with Crippen molar-refractivity contribution in [1.29, 1.82) is 0 Å². The van der Waals surface area contributed by atoms with Gasteiger partial charge in [-0.3, -0.25) is 0 Å². The Morgan fingerprint density at radius 2 is 1.73 bits per heavy atom. The molecule has 30 heavy (non-hydrogen) atoms. The fourth-order valence-corrected chi connectivity index (χ4v) is 3.48. The molecule has 4 rings (SSSR count). The van der Waals surface area contributed by atoms with Gasteiger partial charge in [0.05, 0.1) is 16.6 Å². The number of nitrogens with one attached hydrogen (secondary N) is 1. The SMILES string of the molecule is CCCc1ccccc1-c1ccc2nc(COc3ccc(C(F)(F)F)cc3)[nH]c2c1. The maximum absolute atomic E-state index is 12.7. The Labute approximate surface area is 172 Å². The van der Waals surface area contributed by atoms with Crippen molar-refractivity contribution in [2.45, 2.75) is 32.5 Å². The monoisotopic (exact) mass is 410 g/mol. The van der Waals surface area contributed by atoms with Crippen molar-refractivity contribution in [2.75, 3.05) is 0 Å². The summed E-state index contributed by atoms with van der Waals surface area (Å²) in [6.07, 6.45) is -2.26. The van der Waals surface area contributed by atoms with E-state index < -0.39 is 11.7 Å². The van der Waals surface area contributed by atoms with Crippen molar-refractivity contribution in [2.24, 2.45) is 0 Å². The molecule has 0 radical (unpaired) electrons. The summed E-state index contributed by atoms with van der Waals surface area (Å²) in [4.78, 5) is 7.76. The van der Waals surface area contributed by atoms with Gasteiger partial charge in [0, 0.05) is 0 Å². The minimum absolute atomic E-state index is 0.141. The molecule has 1 aromatic heterocycles. The maximum atomic E-state index is 12.7. The van der Waals surface area contributed by atoms with Gasteiger partial charge in [-0.15, -0.1) is 0 Å². The number of nitrogens with zero attached hydrogens (tertiary/aromatic N) is 1. The second-order valence-corrected chi connectivity index (χ2v) is 7.13. The highest BCUT2D eigenvalue weighted by molar-refractivity contribution is 5.82. The zero-order chi connectivity index (χ0) is 21.1. The first-order valence-corrected chi connectivity index (χ1v) is 9.81. The van der Waals surface area contributed by atoms with Gasteiger partial charge >= 0.3 is 6.18 Å². The smallest absolute Gasteiger partial charge is 0.416 e. The van der Waals surface area contributed by atoms with Crippen LogP contribution in [0.15, 0.2) is 66.7 Å². The minimum Gasteiger partial charge on any atom is -0.486 e. The summed E-state index contributed by atoms with van der Waals surface area (Å²) < 4.78 is 43.6. The van der Waals surface area contributed by atoms with Gasteiger partial charge in [0.25, 0.3) is 0 Å². The highest BCUT2D eigenvalue weighted by Crippen LogP contribution is 2.31. The van der Waals surface area contributed by atoms with Crippen molar-refractivity contribution in [3.63, 3.8) is 0 Å². The number of hydrogen-bond donors (Lipinski definition) is 1. The molecular weight excluding hydrogens is 389 g/mol. The average Bonchev–Trinajstić information content (AvgIpc) is 3.15. The Kier molecular flexibility index (Phi) is 5.48. The number of hydrogen-bond acceptors (Lipinski definition) is 2. The molecule has 1 N–H and O–H groups in total. The van der Waals surface area contributed by atoms with E-state index in [4.69, 9.17) is 4.74 Å². The number of H-pyrrole nitrogens is 1. The number of fused-ring (bicyclic) bond motifs is 1. The number of aromatic nitrogens is 2. The topological polar surface area (TPSA) is 37.9 Å². The van der Waals surface area contributed by atoms with E-state index in [1.165, 1.54) is 23.3 Å². The van der Waals surface area contributed by atoms with Crippen LogP contribution in [-0.4, -0.2) is 9.97 Å². The number of aryl methyl sites for hydroxylation is 1. The van der Waals surface area contributed by atoms with Crippen molar-refractivity contribution in [1.82, 2.24) is 9.97 Å². The highest BCUT2D eigenvalue weighted by atomic mass is 19.4. The first-order chi connectivity index (χ1) is 14.4. The van der Waals surface area contributed by atoms with Crippen LogP contribution in [0.3, 0.4) is 0 Å². The predicted octanol–water partition coefficient (Wildman–Crippen LogP) is 6.78. The molecule has 0 saturated carbocycles.